The average molecular weight is 254 g/mol. The maximum Gasteiger partial charge on any atom is 0.418 e. The van der Waals surface area contributed by atoms with Gasteiger partial charge in [-0.25, -0.2) is 0 Å². The summed E-state index contributed by atoms with van der Waals surface area (Å²) >= 11 is 0. The van der Waals surface area contributed by atoms with Gasteiger partial charge in [-0.2, -0.15) is 13.2 Å². The lowest BCUT2D eigenvalue weighted by Crippen LogP contribution is -2.48. The number of likely N-dealkylation sites (tertiary alicyclic amines) is 1. The van der Waals surface area contributed by atoms with Crippen LogP contribution in [0.2, 0.25) is 0 Å². The summed E-state index contributed by atoms with van der Waals surface area (Å²) in [5.41, 5.74) is -2.56. The van der Waals surface area contributed by atoms with Gasteiger partial charge in [0.25, 0.3) is 0 Å². The van der Waals surface area contributed by atoms with Gasteiger partial charge < -0.3 is 10.4 Å². The van der Waals surface area contributed by atoms with Crippen molar-refractivity contribution in [2.45, 2.75) is 44.5 Å². The highest BCUT2D eigenvalue weighted by atomic mass is 19.4. The van der Waals surface area contributed by atoms with Crippen LogP contribution in [0.1, 0.15) is 27.2 Å². The van der Waals surface area contributed by atoms with Crippen LogP contribution in [0.15, 0.2) is 0 Å². The van der Waals surface area contributed by atoms with Gasteiger partial charge in [-0.05, 0) is 27.2 Å². The minimum Gasteiger partial charge on any atom is -0.379 e. The van der Waals surface area contributed by atoms with Gasteiger partial charge in [0.05, 0.1) is 0 Å². The van der Waals surface area contributed by atoms with Gasteiger partial charge in [-0.3, -0.25) is 4.90 Å². The number of aliphatic hydroxyl groups is 1. The van der Waals surface area contributed by atoms with Gasteiger partial charge in [0, 0.05) is 31.7 Å². The Labute approximate surface area is 100.0 Å². The molecule has 1 fully saturated rings. The molecule has 1 saturated heterocycles. The number of nitrogens with one attached hydrogen (secondary N) is 1. The Kier molecular flexibility index (Phi) is 4.11. The lowest BCUT2D eigenvalue weighted by atomic mass is 10.0. The van der Waals surface area contributed by atoms with Crippen LogP contribution in [0.5, 0.6) is 0 Å². The van der Waals surface area contributed by atoms with Gasteiger partial charge in [0.15, 0.2) is 5.60 Å². The van der Waals surface area contributed by atoms with E-state index in [4.69, 9.17) is 0 Å². The Morgan fingerprint density at radius 3 is 2.29 bits per heavy atom. The van der Waals surface area contributed by atoms with Crippen LogP contribution >= 0.6 is 0 Å². The Hall–Kier alpha value is -0.330. The van der Waals surface area contributed by atoms with Gasteiger partial charge >= 0.3 is 6.18 Å². The highest BCUT2D eigenvalue weighted by molar-refractivity contribution is 4.96. The molecule has 1 aliphatic rings. The first kappa shape index (κ1) is 14.7. The SMILES string of the molecule is CC(C)(C)NCCN1CCC(O)(C(F)(F)F)C1. The Morgan fingerprint density at radius 1 is 1.29 bits per heavy atom. The largest absolute Gasteiger partial charge is 0.418 e. The maximum absolute atomic E-state index is 12.5. The number of β-amino-alcohol motifs (C(OH)–C–C–N with tert-alkyl or cyclic N) is 1. The molecule has 0 bridgehead atoms. The summed E-state index contributed by atoms with van der Waals surface area (Å²) in [6.07, 6.45) is -4.76. The summed E-state index contributed by atoms with van der Waals surface area (Å²) in [4.78, 5) is 1.65. The van der Waals surface area contributed by atoms with E-state index in [0.29, 0.717) is 19.6 Å². The second-order valence-electron chi connectivity index (χ2n) is 5.73. The molecule has 2 N–H and O–H groups in total. The third kappa shape index (κ3) is 4.12. The maximum atomic E-state index is 12.5. The number of hydrogen-bond donors (Lipinski definition) is 2. The van der Waals surface area contributed by atoms with Crippen molar-refractivity contribution in [1.29, 1.82) is 0 Å². The predicted octanol–water partition coefficient (Wildman–Crippen LogP) is 1.37. The minimum absolute atomic E-state index is 0.0416. The number of halogens is 3. The van der Waals surface area contributed by atoms with Crippen molar-refractivity contribution in [2.75, 3.05) is 26.2 Å². The first-order valence-electron chi connectivity index (χ1n) is 5.80. The lowest BCUT2D eigenvalue weighted by molar-refractivity contribution is -0.253. The van der Waals surface area contributed by atoms with E-state index >= 15 is 0 Å². The van der Waals surface area contributed by atoms with Crippen molar-refractivity contribution in [3.63, 3.8) is 0 Å². The van der Waals surface area contributed by atoms with Crippen molar-refractivity contribution in [1.82, 2.24) is 10.2 Å². The molecule has 1 aliphatic heterocycles. The average Bonchev–Trinajstić information content (AvgIpc) is 2.45. The molecule has 0 aliphatic carbocycles. The summed E-state index contributed by atoms with van der Waals surface area (Å²) in [5.74, 6) is 0. The molecule has 1 rings (SSSR count). The second-order valence-corrected chi connectivity index (χ2v) is 5.73. The van der Waals surface area contributed by atoms with Gasteiger partial charge in [-0.15, -0.1) is 0 Å². The molecule has 3 nitrogen and oxygen atoms in total. The lowest BCUT2D eigenvalue weighted by Gasteiger charge is -2.27. The van der Waals surface area contributed by atoms with Gasteiger partial charge in [0.2, 0.25) is 0 Å². The van der Waals surface area contributed by atoms with Crippen LogP contribution in [0.25, 0.3) is 0 Å². The van der Waals surface area contributed by atoms with Crippen LogP contribution in [-0.2, 0) is 0 Å². The molecule has 0 aromatic heterocycles. The number of nitrogens with zero attached hydrogens (tertiary/aromatic N) is 1. The predicted molar refractivity (Wildman–Crippen MR) is 59.8 cm³/mol. The number of alkyl halides is 3. The molecule has 0 saturated carbocycles. The van der Waals surface area contributed by atoms with Crippen LogP contribution < -0.4 is 5.32 Å². The number of hydrogen-bond acceptors (Lipinski definition) is 3. The first-order chi connectivity index (χ1) is 7.54. The summed E-state index contributed by atoms with van der Waals surface area (Å²) in [6.45, 7) is 7.13. The summed E-state index contributed by atoms with van der Waals surface area (Å²) < 4.78 is 37.6. The molecule has 0 amide bonds. The molecular weight excluding hydrogens is 233 g/mol. The van der Waals surface area contributed by atoms with Crippen LogP contribution in [0.4, 0.5) is 13.2 Å². The standard InChI is InChI=1S/C11H21F3N2O/c1-9(2,3)15-5-7-16-6-4-10(17,8-16)11(12,13)14/h15,17H,4-8H2,1-3H3. The topological polar surface area (TPSA) is 35.5 Å². The first-order valence-corrected chi connectivity index (χ1v) is 5.80. The summed E-state index contributed by atoms with van der Waals surface area (Å²) in [7, 11) is 0. The van der Waals surface area contributed by atoms with E-state index in [2.05, 4.69) is 5.32 Å². The molecule has 17 heavy (non-hydrogen) atoms. The highest BCUT2D eigenvalue weighted by Gasteiger charge is 2.56. The van der Waals surface area contributed by atoms with E-state index in [0.717, 1.165) is 0 Å². The fourth-order valence-electron chi connectivity index (χ4n) is 1.88. The third-order valence-corrected chi connectivity index (χ3v) is 2.94. The molecule has 1 heterocycles. The van der Waals surface area contributed by atoms with Gasteiger partial charge in [0.1, 0.15) is 0 Å². The quantitative estimate of drug-likeness (QED) is 0.798. The Balaban J connectivity index is 2.36. The smallest absolute Gasteiger partial charge is 0.379 e. The van der Waals surface area contributed by atoms with E-state index in [1.165, 1.54) is 0 Å². The normalized spacial score (nSPS) is 27.7. The van der Waals surface area contributed by atoms with E-state index < -0.39 is 11.8 Å². The zero-order chi connectivity index (χ0) is 13.3. The monoisotopic (exact) mass is 254 g/mol. The molecular formula is C11H21F3N2O. The van der Waals surface area contributed by atoms with E-state index in [1.807, 2.05) is 20.8 Å². The Bertz CT molecular complexity index is 262. The molecule has 1 atom stereocenters. The van der Waals surface area contributed by atoms with Crippen LogP contribution in [0.3, 0.4) is 0 Å². The summed E-state index contributed by atoms with van der Waals surface area (Å²) in [6, 6.07) is 0. The van der Waals surface area contributed by atoms with E-state index in [1.54, 1.807) is 4.90 Å². The van der Waals surface area contributed by atoms with Crippen molar-refractivity contribution in [3.05, 3.63) is 0 Å². The van der Waals surface area contributed by atoms with Crippen LogP contribution in [0, 0.1) is 0 Å². The van der Waals surface area contributed by atoms with Crippen molar-refractivity contribution >= 4 is 0 Å². The highest BCUT2D eigenvalue weighted by Crippen LogP contribution is 2.37. The number of rotatable bonds is 3. The molecule has 102 valence electrons. The van der Waals surface area contributed by atoms with Crippen molar-refractivity contribution in [2.24, 2.45) is 0 Å². The molecule has 0 aromatic rings. The third-order valence-electron chi connectivity index (χ3n) is 2.94. The zero-order valence-corrected chi connectivity index (χ0v) is 10.6. The zero-order valence-electron chi connectivity index (χ0n) is 10.6. The molecule has 0 spiro atoms. The fourth-order valence-corrected chi connectivity index (χ4v) is 1.88. The van der Waals surface area contributed by atoms with E-state index in [9.17, 15) is 18.3 Å². The van der Waals surface area contributed by atoms with Crippen molar-refractivity contribution in [3.8, 4) is 0 Å². The van der Waals surface area contributed by atoms with E-state index in [-0.39, 0.29) is 18.5 Å². The molecule has 1 unspecified atom stereocenters. The minimum atomic E-state index is -4.53. The summed E-state index contributed by atoms with van der Waals surface area (Å²) in [5, 5.41) is 12.7. The Morgan fingerprint density at radius 2 is 1.88 bits per heavy atom. The fraction of sp³-hybridized carbons (Fsp3) is 1.00. The second kappa shape index (κ2) is 4.74. The van der Waals surface area contributed by atoms with Crippen molar-refractivity contribution < 1.29 is 18.3 Å². The van der Waals surface area contributed by atoms with Crippen LogP contribution in [-0.4, -0.2) is 53.5 Å². The molecule has 0 radical (unpaired) electrons. The molecule has 0 aromatic carbocycles. The molecule has 6 heteroatoms. The van der Waals surface area contributed by atoms with Gasteiger partial charge in [-0.1, -0.05) is 0 Å².